The SMILES string of the molecule is CCc1sc(C(=O)N(CC(=O)O)C(C)C)cc1C. The number of carbonyl (C=O) groups is 2. The van der Waals surface area contributed by atoms with Gasteiger partial charge in [0, 0.05) is 10.9 Å². The zero-order chi connectivity index (χ0) is 13.9. The molecule has 1 N–H and O–H groups in total. The Labute approximate surface area is 111 Å². The van der Waals surface area contributed by atoms with Crippen molar-refractivity contribution >= 4 is 23.2 Å². The van der Waals surface area contributed by atoms with Crippen molar-refractivity contribution in [3.05, 3.63) is 21.4 Å². The third kappa shape index (κ3) is 3.32. The average molecular weight is 269 g/mol. The van der Waals surface area contributed by atoms with Crippen LogP contribution < -0.4 is 0 Å². The maximum Gasteiger partial charge on any atom is 0.323 e. The molecule has 0 aliphatic heterocycles. The molecule has 0 unspecified atom stereocenters. The van der Waals surface area contributed by atoms with Gasteiger partial charge in [-0.1, -0.05) is 6.92 Å². The van der Waals surface area contributed by atoms with Crippen LogP contribution in [0.1, 0.15) is 40.9 Å². The first-order valence-electron chi connectivity index (χ1n) is 5.98. The molecule has 0 saturated heterocycles. The number of amides is 1. The lowest BCUT2D eigenvalue weighted by atomic mass is 10.2. The number of carboxylic acid groups (broad SMARTS) is 1. The normalized spacial score (nSPS) is 10.7. The zero-order valence-corrected chi connectivity index (χ0v) is 12.0. The molecule has 0 radical (unpaired) electrons. The summed E-state index contributed by atoms with van der Waals surface area (Å²) in [7, 11) is 0. The van der Waals surface area contributed by atoms with Crippen LogP contribution in [0.15, 0.2) is 6.07 Å². The zero-order valence-electron chi connectivity index (χ0n) is 11.2. The molecule has 0 atom stereocenters. The monoisotopic (exact) mass is 269 g/mol. The van der Waals surface area contributed by atoms with Crippen LogP contribution in [0.4, 0.5) is 0 Å². The second kappa shape index (κ2) is 6.00. The molecule has 1 amide bonds. The van der Waals surface area contributed by atoms with E-state index < -0.39 is 5.97 Å². The molecule has 100 valence electrons. The Morgan fingerprint density at radius 2 is 2.06 bits per heavy atom. The number of carbonyl (C=O) groups excluding carboxylic acids is 1. The highest BCUT2D eigenvalue weighted by Gasteiger charge is 2.23. The fraction of sp³-hybridized carbons (Fsp3) is 0.538. The van der Waals surface area contributed by atoms with Gasteiger partial charge in [-0.25, -0.2) is 0 Å². The number of carboxylic acids is 1. The van der Waals surface area contributed by atoms with Gasteiger partial charge in [-0.3, -0.25) is 9.59 Å². The first-order valence-corrected chi connectivity index (χ1v) is 6.80. The summed E-state index contributed by atoms with van der Waals surface area (Å²) >= 11 is 1.46. The smallest absolute Gasteiger partial charge is 0.323 e. The molecule has 4 nitrogen and oxygen atoms in total. The van der Waals surface area contributed by atoms with E-state index in [4.69, 9.17) is 5.11 Å². The summed E-state index contributed by atoms with van der Waals surface area (Å²) in [6.07, 6.45) is 0.893. The molecule has 0 aliphatic rings. The standard InChI is InChI=1S/C13H19NO3S/c1-5-10-9(4)6-11(18-10)13(17)14(8(2)3)7-12(15)16/h6,8H,5,7H2,1-4H3,(H,15,16). The van der Waals surface area contributed by atoms with E-state index >= 15 is 0 Å². The van der Waals surface area contributed by atoms with E-state index in [1.807, 2.05) is 33.8 Å². The van der Waals surface area contributed by atoms with Crippen molar-refractivity contribution in [3.63, 3.8) is 0 Å². The number of hydrogen-bond donors (Lipinski definition) is 1. The van der Waals surface area contributed by atoms with Gasteiger partial charge in [-0.15, -0.1) is 11.3 Å². The summed E-state index contributed by atoms with van der Waals surface area (Å²) in [5, 5.41) is 8.84. The van der Waals surface area contributed by atoms with Crippen LogP contribution in [0.3, 0.4) is 0 Å². The van der Waals surface area contributed by atoms with Crippen LogP contribution in [-0.2, 0) is 11.2 Å². The van der Waals surface area contributed by atoms with Gasteiger partial charge in [0.1, 0.15) is 6.54 Å². The Hall–Kier alpha value is -1.36. The molecule has 1 rings (SSSR count). The minimum Gasteiger partial charge on any atom is -0.480 e. The van der Waals surface area contributed by atoms with Crippen molar-refractivity contribution in [2.45, 2.75) is 40.2 Å². The number of hydrogen-bond acceptors (Lipinski definition) is 3. The summed E-state index contributed by atoms with van der Waals surface area (Å²) in [5.74, 6) is -1.18. The van der Waals surface area contributed by atoms with Crippen molar-refractivity contribution in [2.24, 2.45) is 0 Å². The Morgan fingerprint density at radius 3 is 2.44 bits per heavy atom. The van der Waals surface area contributed by atoms with E-state index in [1.165, 1.54) is 21.1 Å². The van der Waals surface area contributed by atoms with Crippen LogP contribution in [0.5, 0.6) is 0 Å². The number of thiophene rings is 1. The van der Waals surface area contributed by atoms with Gasteiger partial charge in [-0.05, 0) is 38.8 Å². The lowest BCUT2D eigenvalue weighted by Gasteiger charge is -2.24. The molecular weight excluding hydrogens is 250 g/mol. The highest BCUT2D eigenvalue weighted by atomic mass is 32.1. The van der Waals surface area contributed by atoms with Crippen molar-refractivity contribution in [1.82, 2.24) is 4.90 Å². The van der Waals surface area contributed by atoms with Gasteiger partial charge in [0.15, 0.2) is 0 Å². The molecule has 5 heteroatoms. The maximum absolute atomic E-state index is 12.3. The minimum absolute atomic E-state index is 0.124. The van der Waals surface area contributed by atoms with Gasteiger partial charge in [0.05, 0.1) is 4.88 Å². The van der Waals surface area contributed by atoms with Crippen molar-refractivity contribution < 1.29 is 14.7 Å². The van der Waals surface area contributed by atoms with Crippen LogP contribution in [0, 0.1) is 6.92 Å². The molecule has 0 aliphatic carbocycles. The fourth-order valence-corrected chi connectivity index (χ4v) is 2.82. The minimum atomic E-state index is -0.985. The van der Waals surface area contributed by atoms with Gasteiger partial charge < -0.3 is 10.0 Å². The predicted molar refractivity (Wildman–Crippen MR) is 72.2 cm³/mol. The molecular formula is C13H19NO3S. The Balaban J connectivity index is 2.98. The molecule has 1 aromatic heterocycles. The van der Waals surface area contributed by atoms with E-state index in [0.717, 1.165) is 12.0 Å². The number of nitrogens with zero attached hydrogens (tertiary/aromatic N) is 1. The van der Waals surface area contributed by atoms with Crippen molar-refractivity contribution in [2.75, 3.05) is 6.54 Å². The second-order valence-electron chi connectivity index (χ2n) is 4.49. The molecule has 0 saturated carbocycles. The molecule has 1 heterocycles. The summed E-state index contributed by atoms with van der Waals surface area (Å²) < 4.78 is 0. The maximum atomic E-state index is 12.3. The lowest BCUT2D eigenvalue weighted by Crippen LogP contribution is -2.40. The van der Waals surface area contributed by atoms with Crippen LogP contribution in [-0.4, -0.2) is 34.5 Å². The van der Waals surface area contributed by atoms with Gasteiger partial charge in [-0.2, -0.15) is 0 Å². The third-order valence-electron chi connectivity index (χ3n) is 2.74. The summed E-state index contributed by atoms with van der Waals surface area (Å²) in [6.45, 7) is 7.41. The molecule has 0 bridgehead atoms. The van der Waals surface area contributed by atoms with Gasteiger partial charge in [0.25, 0.3) is 5.91 Å². The lowest BCUT2D eigenvalue weighted by molar-refractivity contribution is -0.138. The van der Waals surface area contributed by atoms with Crippen LogP contribution in [0.25, 0.3) is 0 Å². The summed E-state index contributed by atoms with van der Waals surface area (Å²) in [4.78, 5) is 26.2. The van der Waals surface area contributed by atoms with Gasteiger partial charge >= 0.3 is 5.97 Å². The molecule has 18 heavy (non-hydrogen) atoms. The van der Waals surface area contributed by atoms with E-state index in [2.05, 4.69) is 0 Å². The van der Waals surface area contributed by atoms with Crippen LogP contribution in [0.2, 0.25) is 0 Å². The Bertz CT molecular complexity index is 451. The van der Waals surface area contributed by atoms with E-state index in [1.54, 1.807) is 0 Å². The highest BCUT2D eigenvalue weighted by molar-refractivity contribution is 7.14. The topological polar surface area (TPSA) is 57.6 Å². The first-order chi connectivity index (χ1) is 8.36. The molecule has 1 aromatic rings. The summed E-state index contributed by atoms with van der Waals surface area (Å²) in [6, 6.07) is 1.73. The molecule has 0 fully saturated rings. The van der Waals surface area contributed by atoms with E-state index in [-0.39, 0.29) is 18.5 Å². The Kier molecular flexibility index (Phi) is 4.90. The number of rotatable bonds is 5. The number of aryl methyl sites for hydroxylation is 2. The number of aliphatic carboxylic acids is 1. The highest BCUT2D eigenvalue weighted by Crippen LogP contribution is 2.24. The van der Waals surface area contributed by atoms with Crippen LogP contribution >= 0.6 is 11.3 Å². The largest absolute Gasteiger partial charge is 0.480 e. The molecule has 0 spiro atoms. The fourth-order valence-electron chi connectivity index (χ4n) is 1.75. The van der Waals surface area contributed by atoms with Gasteiger partial charge in [0.2, 0.25) is 0 Å². The Morgan fingerprint density at radius 1 is 1.44 bits per heavy atom. The molecule has 0 aromatic carbocycles. The van der Waals surface area contributed by atoms with E-state index in [0.29, 0.717) is 4.88 Å². The predicted octanol–water partition coefficient (Wildman–Crippen LogP) is 2.55. The van der Waals surface area contributed by atoms with Crippen molar-refractivity contribution in [1.29, 1.82) is 0 Å². The third-order valence-corrected chi connectivity index (χ3v) is 4.11. The second-order valence-corrected chi connectivity index (χ2v) is 5.63. The average Bonchev–Trinajstić information content (AvgIpc) is 2.66. The van der Waals surface area contributed by atoms with Crippen molar-refractivity contribution in [3.8, 4) is 0 Å². The first kappa shape index (κ1) is 14.7. The van der Waals surface area contributed by atoms with E-state index in [9.17, 15) is 9.59 Å². The summed E-state index contributed by atoms with van der Waals surface area (Å²) in [5.41, 5.74) is 1.10. The quantitative estimate of drug-likeness (QED) is 0.893.